The van der Waals surface area contributed by atoms with Gasteiger partial charge in [-0.1, -0.05) is 349 Å². The normalized spacial score (nSPS) is 12.7. The smallest absolute Gasteiger partial charge is 0.309 e. The zero-order chi connectivity index (χ0) is 59.2. The molecular weight excluding hydrogens is 1010 g/mol. The van der Waals surface area contributed by atoms with Crippen molar-refractivity contribution in [2.24, 2.45) is 0 Å². The minimum absolute atomic E-state index is 0.109. The van der Waals surface area contributed by atoms with Gasteiger partial charge in [0.25, 0.3) is 0 Å². The van der Waals surface area contributed by atoms with E-state index in [4.69, 9.17) is 14.2 Å². The first-order chi connectivity index (χ1) is 40.5. The van der Waals surface area contributed by atoms with Gasteiger partial charge in [0.15, 0.2) is 6.10 Å². The van der Waals surface area contributed by atoms with Crippen molar-refractivity contribution in [1.82, 2.24) is 0 Å². The van der Waals surface area contributed by atoms with Gasteiger partial charge < -0.3 is 14.2 Å². The number of carbonyl (C=O) groups is 3. The van der Waals surface area contributed by atoms with E-state index in [-0.39, 0.29) is 31.6 Å². The van der Waals surface area contributed by atoms with E-state index < -0.39 is 12.1 Å². The highest BCUT2D eigenvalue weighted by Crippen LogP contribution is 2.18. The van der Waals surface area contributed by atoms with E-state index in [0.29, 0.717) is 12.8 Å². The molecule has 0 saturated carbocycles. The molecule has 0 aliphatic rings. The molecule has 0 N–H and O–H groups in total. The zero-order valence-electron chi connectivity index (χ0n) is 54.2. The highest BCUT2D eigenvalue weighted by molar-refractivity contribution is 5.72. The number of hydrogen-bond donors (Lipinski definition) is 0. The average molecular weight is 1140 g/mol. The minimum atomic E-state index is -0.824. The summed E-state index contributed by atoms with van der Waals surface area (Å²) in [5, 5.41) is 0. The molecule has 1 unspecified atom stereocenters. The molecule has 0 aromatic carbocycles. The van der Waals surface area contributed by atoms with E-state index in [2.05, 4.69) is 106 Å². The molecule has 0 aliphatic carbocycles. The van der Waals surface area contributed by atoms with Crippen molar-refractivity contribution in [3.8, 4) is 0 Å². The molecule has 0 saturated heterocycles. The highest BCUT2D eigenvalue weighted by atomic mass is 16.6. The third-order valence-corrected chi connectivity index (χ3v) is 15.4. The second kappa shape index (κ2) is 69.8. The molecule has 0 radical (unpaired) electrons. The Hall–Kier alpha value is -3.67. The summed E-state index contributed by atoms with van der Waals surface area (Å²) < 4.78 is 16.8. The molecule has 0 fully saturated rings. The predicted octanol–water partition coefficient (Wildman–Crippen LogP) is 24.4. The van der Waals surface area contributed by atoms with Gasteiger partial charge in [-0.15, -0.1) is 0 Å². The second-order valence-electron chi connectivity index (χ2n) is 23.4. The summed E-state index contributed by atoms with van der Waals surface area (Å²) in [5.74, 6) is -1.04. The maximum atomic E-state index is 12.9. The molecule has 0 aliphatic heterocycles. The molecule has 82 heavy (non-hydrogen) atoms. The van der Waals surface area contributed by atoms with Crippen LogP contribution >= 0.6 is 0 Å². The average Bonchev–Trinajstić information content (AvgIpc) is 3.48. The van der Waals surface area contributed by atoms with E-state index in [0.717, 1.165) is 96.3 Å². The van der Waals surface area contributed by atoms with E-state index >= 15 is 0 Å². The fraction of sp³-hybridized carbons (Fsp3) is 0.750. The third-order valence-electron chi connectivity index (χ3n) is 15.4. The topological polar surface area (TPSA) is 78.9 Å². The SMILES string of the molecule is CC/C=C\C/C=C\C/C=C\C/C=C\C/C=C\CC(=O)OCC(COC(=O)CCCCCCCCCCCCCCCCCCCCCCCCCCCCCCCCCC)OC(=O)CCCCCCCCC/C=C\C/C=C\C/C=C\CC. The molecule has 0 spiro atoms. The van der Waals surface area contributed by atoms with Gasteiger partial charge in [0, 0.05) is 12.8 Å². The largest absolute Gasteiger partial charge is 0.462 e. The summed E-state index contributed by atoms with van der Waals surface area (Å²) in [7, 11) is 0. The van der Waals surface area contributed by atoms with Crippen molar-refractivity contribution in [2.45, 2.75) is 354 Å². The van der Waals surface area contributed by atoms with Crippen molar-refractivity contribution in [3.05, 3.63) is 97.2 Å². The highest BCUT2D eigenvalue weighted by Gasteiger charge is 2.19. The molecule has 0 heterocycles. The van der Waals surface area contributed by atoms with Crippen LogP contribution in [-0.4, -0.2) is 37.2 Å². The monoisotopic (exact) mass is 1140 g/mol. The molecule has 0 rings (SSSR count). The lowest BCUT2D eigenvalue weighted by Crippen LogP contribution is -2.30. The number of ether oxygens (including phenoxy) is 3. The Morgan fingerprint density at radius 3 is 0.854 bits per heavy atom. The zero-order valence-corrected chi connectivity index (χ0v) is 54.2. The van der Waals surface area contributed by atoms with Crippen LogP contribution in [-0.2, 0) is 28.6 Å². The summed E-state index contributed by atoms with van der Waals surface area (Å²) in [6.45, 7) is 6.36. The first-order valence-corrected chi connectivity index (χ1v) is 35.2. The van der Waals surface area contributed by atoms with Crippen LogP contribution in [0.25, 0.3) is 0 Å². The standard InChI is InChI=1S/C76H132O6/c1-4-7-10-13-16-19-22-25-28-30-31-32-33-34-35-36-37-38-39-40-41-42-43-44-46-48-51-54-57-60-63-66-69-75(78)81-72-73(71-80-74(77)68-65-62-59-56-53-50-47-27-24-21-18-15-12-9-6-3)82-76(79)70-67-64-61-58-55-52-49-45-29-26-23-20-17-14-11-8-5-2/h8-9,11-12,17-18,20-21,26-27,29,47,53,56,62,65,73H,4-7,10,13-16,19,22-25,28,30-46,48-52,54-55,57-61,63-64,66-72H2,1-3H3/b11-8-,12-9-,20-17-,21-18-,29-26-,47-27-,56-53-,65-62-. The van der Waals surface area contributed by atoms with Gasteiger partial charge in [-0.2, -0.15) is 0 Å². The molecule has 6 nitrogen and oxygen atoms in total. The van der Waals surface area contributed by atoms with Gasteiger partial charge >= 0.3 is 17.9 Å². The lowest BCUT2D eigenvalue weighted by atomic mass is 10.0. The quantitative estimate of drug-likeness (QED) is 0.0261. The number of rotatable bonds is 64. The second-order valence-corrected chi connectivity index (χ2v) is 23.4. The van der Waals surface area contributed by atoms with Gasteiger partial charge in [0.2, 0.25) is 0 Å². The maximum absolute atomic E-state index is 12.9. The number of carbonyl (C=O) groups excluding carboxylic acids is 3. The predicted molar refractivity (Wildman–Crippen MR) is 357 cm³/mol. The van der Waals surface area contributed by atoms with Crippen LogP contribution in [0.5, 0.6) is 0 Å². The van der Waals surface area contributed by atoms with E-state index in [1.807, 2.05) is 6.08 Å². The van der Waals surface area contributed by atoms with E-state index in [1.165, 1.54) is 212 Å². The molecule has 1 atom stereocenters. The van der Waals surface area contributed by atoms with Crippen LogP contribution in [0.4, 0.5) is 0 Å². The van der Waals surface area contributed by atoms with Crippen LogP contribution < -0.4 is 0 Å². The Kier molecular flexibility index (Phi) is 66.7. The molecule has 0 aromatic heterocycles. The molecule has 0 amide bonds. The summed E-state index contributed by atoms with van der Waals surface area (Å²) in [4.78, 5) is 38.3. The van der Waals surface area contributed by atoms with Crippen LogP contribution in [0.3, 0.4) is 0 Å². The Bertz CT molecular complexity index is 1590. The Morgan fingerprint density at radius 1 is 0.268 bits per heavy atom. The lowest BCUT2D eigenvalue weighted by Gasteiger charge is -2.18. The fourth-order valence-electron chi connectivity index (χ4n) is 10.2. The Labute approximate surface area is 508 Å². The van der Waals surface area contributed by atoms with E-state index in [9.17, 15) is 14.4 Å². The molecule has 6 heteroatoms. The first-order valence-electron chi connectivity index (χ1n) is 35.2. The number of hydrogen-bond acceptors (Lipinski definition) is 6. The van der Waals surface area contributed by atoms with Gasteiger partial charge in [-0.25, -0.2) is 0 Å². The lowest BCUT2D eigenvalue weighted by molar-refractivity contribution is -0.166. The molecule has 472 valence electrons. The van der Waals surface area contributed by atoms with E-state index in [1.54, 1.807) is 6.08 Å². The van der Waals surface area contributed by atoms with Gasteiger partial charge in [-0.3, -0.25) is 14.4 Å². The minimum Gasteiger partial charge on any atom is -0.462 e. The molecule has 0 bridgehead atoms. The van der Waals surface area contributed by atoms with Crippen molar-refractivity contribution in [2.75, 3.05) is 13.2 Å². The summed E-state index contributed by atoms with van der Waals surface area (Å²) in [6.07, 6.45) is 94.9. The Morgan fingerprint density at radius 2 is 0.524 bits per heavy atom. The van der Waals surface area contributed by atoms with Crippen LogP contribution in [0, 0.1) is 0 Å². The maximum Gasteiger partial charge on any atom is 0.309 e. The van der Waals surface area contributed by atoms with Gasteiger partial charge in [0.05, 0.1) is 6.42 Å². The molecule has 0 aromatic rings. The summed E-state index contributed by atoms with van der Waals surface area (Å²) in [6, 6.07) is 0. The van der Waals surface area contributed by atoms with Crippen molar-refractivity contribution in [1.29, 1.82) is 0 Å². The number of allylic oxidation sites excluding steroid dienone is 15. The molecular formula is C76H132O6. The first kappa shape index (κ1) is 78.3. The number of unbranched alkanes of at least 4 members (excludes halogenated alkanes) is 38. The van der Waals surface area contributed by atoms with Gasteiger partial charge in [0.1, 0.15) is 13.2 Å². The van der Waals surface area contributed by atoms with Crippen LogP contribution in [0.1, 0.15) is 348 Å². The third kappa shape index (κ3) is 67.1. The van der Waals surface area contributed by atoms with Crippen molar-refractivity contribution < 1.29 is 28.6 Å². The van der Waals surface area contributed by atoms with Crippen LogP contribution in [0.15, 0.2) is 97.2 Å². The fourth-order valence-corrected chi connectivity index (χ4v) is 10.2. The van der Waals surface area contributed by atoms with Crippen molar-refractivity contribution in [3.63, 3.8) is 0 Å². The summed E-state index contributed by atoms with van der Waals surface area (Å²) in [5.41, 5.74) is 0. The Balaban J connectivity index is 4.23. The van der Waals surface area contributed by atoms with Crippen LogP contribution in [0.2, 0.25) is 0 Å². The van der Waals surface area contributed by atoms with Crippen molar-refractivity contribution >= 4 is 17.9 Å². The number of esters is 3. The summed E-state index contributed by atoms with van der Waals surface area (Å²) >= 11 is 0. The van der Waals surface area contributed by atoms with Gasteiger partial charge in [-0.05, 0) is 77.0 Å².